The van der Waals surface area contributed by atoms with Gasteiger partial charge in [0.15, 0.2) is 0 Å². The van der Waals surface area contributed by atoms with E-state index in [1.54, 1.807) is 0 Å². The molecule has 1 aromatic rings. The first-order valence-electron chi connectivity index (χ1n) is 3.88. The Labute approximate surface area is 96.7 Å². The van der Waals surface area contributed by atoms with Crippen molar-refractivity contribution in [3.8, 4) is 0 Å². The molecule has 0 aromatic heterocycles. The van der Waals surface area contributed by atoms with E-state index >= 15 is 0 Å². The quantitative estimate of drug-likeness (QED) is 0.652. The Morgan fingerprint density at radius 3 is 2.92 bits per heavy atom. The van der Waals surface area contributed by atoms with Crippen LogP contribution in [0.5, 0.6) is 0 Å². The van der Waals surface area contributed by atoms with Crippen LogP contribution >= 0.6 is 35.2 Å². The van der Waals surface area contributed by atoms with Crippen LogP contribution in [0.3, 0.4) is 0 Å². The van der Waals surface area contributed by atoms with Gasteiger partial charge in [-0.1, -0.05) is 6.07 Å². The number of carbonyl (C=O) groups is 1. The predicted octanol–water partition coefficient (Wildman–Crippen LogP) is 2.55. The largest absolute Gasteiger partial charge is 0.326 e. The highest BCUT2D eigenvalue weighted by molar-refractivity contribution is 14.1. The molecule has 0 atom stereocenters. The number of amides is 1. The van der Waals surface area contributed by atoms with Gasteiger partial charge in [-0.3, -0.25) is 4.79 Å². The third kappa shape index (κ3) is 3.99. The summed E-state index contributed by atoms with van der Waals surface area (Å²) in [6.45, 7) is 0. The van der Waals surface area contributed by atoms with Gasteiger partial charge in [0.2, 0.25) is 5.91 Å². The third-order valence-electron chi connectivity index (χ3n) is 1.45. The highest BCUT2D eigenvalue weighted by atomic mass is 127. The number of hydrogen-bond donors (Lipinski definition) is 2. The molecule has 1 N–H and O–H groups in total. The normalized spacial score (nSPS) is 9.69. The van der Waals surface area contributed by atoms with Crippen molar-refractivity contribution in [2.45, 2.75) is 6.42 Å². The van der Waals surface area contributed by atoms with E-state index in [-0.39, 0.29) is 5.91 Å². The summed E-state index contributed by atoms with van der Waals surface area (Å²) in [5.41, 5.74) is 0.846. The van der Waals surface area contributed by atoms with Crippen molar-refractivity contribution < 1.29 is 4.79 Å². The minimum Gasteiger partial charge on any atom is -0.326 e. The fourth-order valence-corrected chi connectivity index (χ4v) is 1.64. The summed E-state index contributed by atoms with van der Waals surface area (Å²) in [6.07, 6.45) is 0.453. The molecule has 0 aliphatic rings. The molecule has 0 heterocycles. The first-order valence-corrected chi connectivity index (χ1v) is 5.60. The maximum atomic E-state index is 11.2. The second-order valence-corrected chi connectivity index (χ2v) is 4.22. The van der Waals surface area contributed by atoms with Crippen molar-refractivity contribution in [2.75, 3.05) is 11.1 Å². The van der Waals surface area contributed by atoms with E-state index in [1.807, 2.05) is 24.3 Å². The van der Waals surface area contributed by atoms with Crippen molar-refractivity contribution in [2.24, 2.45) is 0 Å². The number of benzene rings is 1. The summed E-state index contributed by atoms with van der Waals surface area (Å²) >= 11 is 6.19. The number of rotatable bonds is 3. The average Bonchev–Trinajstić information content (AvgIpc) is 2.04. The molecule has 13 heavy (non-hydrogen) atoms. The van der Waals surface area contributed by atoms with E-state index in [9.17, 15) is 4.79 Å². The second-order valence-electron chi connectivity index (χ2n) is 2.53. The lowest BCUT2D eigenvalue weighted by molar-refractivity contribution is -0.115. The third-order valence-corrected chi connectivity index (χ3v) is 2.34. The summed E-state index contributed by atoms with van der Waals surface area (Å²) in [7, 11) is 0. The summed E-state index contributed by atoms with van der Waals surface area (Å²) in [4.78, 5) is 11.2. The Bertz CT molecular complexity index is 303. The Balaban J connectivity index is 2.58. The SMILES string of the molecule is O=C(CCS)Nc1cccc(I)c1. The molecule has 2 nitrogen and oxygen atoms in total. The zero-order chi connectivity index (χ0) is 9.68. The van der Waals surface area contributed by atoms with Crippen LogP contribution in [0.1, 0.15) is 6.42 Å². The number of anilines is 1. The summed E-state index contributed by atoms with van der Waals surface area (Å²) in [6, 6.07) is 7.70. The van der Waals surface area contributed by atoms with Crippen LogP contribution in [0.15, 0.2) is 24.3 Å². The van der Waals surface area contributed by atoms with E-state index in [0.717, 1.165) is 9.26 Å². The molecule has 0 bridgehead atoms. The topological polar surface area (TPSA) is 29.1 Å². The van der Waals surface area contributed by atoms with Gasteiger partial charge in [0.25, 0.3) is 0 Å². The Morgan fingerprint density at radius 1 is 1.54 bits per heavy atom. The van der Waals surface area contributed by atoms with E-state index in [0.29, 0.717) is 12.2 Å². The smallest absolute Gasteiger partial charge is 0.225 e. The van der Waals surface area contributed by atoms with E-state index in [1.165, 1.54) is 0 Å². The molecule has 1 rings (SSSR count). The molecule has 0 unspecified atom stereocenters. The Kier molecular flexibility index (Phi) is 4.58. The van der Waals surface area contributed by atoms with Crippen molar-refractivity contribution in [3.63, 3.8) is 0 Å². The summed E-state index contributed by atoms with van der Waals surface area (Å²) in [5.74, 6) is 0.590. The molecule has 70 valence electrons. The van der Waals surface area contributed by atoms with E-state index in [4.69, 9.17) is 0 Å². The first-order chi connectivity index (χ1) is 6.22. The maximum absolute atomic E-state index is 11.2. The van der Waals surface area contributed by atoms with Gasteiger partial charge >= 0.3 is 0 Å². The number of hydrogen-bond acceptors (Lipinski definition) is 2. The van der Waals surface area contributed by atoms with Crippen molar-refractivity contribution >= 4 is 46.8 Å². The highest BCUT2D eigenvalue weighted by Crippen LogP contribution is 2.12. The number of nitrogens with one attached hydrogen (secondary N) is 1. The van der Waals surface area contributed by atoms with E-state index < -0.39 is 0 Å². The Morgan fingerprint density at radius 2 is 2.31 bits per heavy atom. The first kappa shape index (κ1) is 10.8. The van der Waals surface area contributed by atoms with Crippen molar-refractivity contribution in [1.29, 1.82) is 0 Å². The van der Waals surface area contributed by atoms with Crippen molar-refractivity contribution in [3.05, 3.63) is 27.8 Å². The molecule has 0 aliphatic carbocycles. The molecule has 0 radical (unpaired) electrons. The van der Waals surface area contributed by atoms with Gasteiger partial charge < -0.3 is 5.32 Å². The lowest BCUT2D eigenvalue weighted by atomic mass is 10.3. The minimum absolute atomic E-state index is 0.0111. The summed E-state index contributed by atoms with van der Waals surface area (Å²) in [5, 5.41) is 2.79. The molecule has 0 fully saturated rings. The second kappa shape index (κ2) is 5.49. The fourth-order valence-electron chi connectivity index (χ4n) is 0.891. The predicted molar refractivity (Wildman–Crippen MR) is 66.3 cm³/mol. The van der Waals surface area contributed by atoms with Gasteiger partial charge in [-0.25, -0.2) is 0 Å². The van der Waals surface area contributed by atoms with Crippen LogP contribution in [-0.4, -0.2) is 11.7 Å². The monoisotopic (exact) mass is 307 g/mol. The molecule has 0 spiro atoms. The standard InChI is InChI=1S/C9H10INOS/c10-7-2-1-3-8(6-7)11-9(12)4-5-13/h1-3,6,13H,4-5H2,(H,11,12). The molecule has 1 aromatic carbocycles. The average molecular weight is 307 g/mol. The summed E-state index contributed by atoms with van der Waals surface area (Å²) < 4.78 is 1.11. The Hall–Kier alpha value is -0.230. The minimum atomic E-state index is 0.0111. The number of carbonyl (C=O) groups excluding carboxylic acids is 1. The molecule has 1 amide bonds. The lowest BCUT2D eigenvalue weighted by Crippen LogP contribution is -2.11. The van der Waals surface area contributed by atoms with Crippen LogP contribution in [0, 0.1) is 3.57 Å². The van der Waals surface area contributed by atoms with Gasteiger partial charge in [0.1, 0.15) is 0 Å². The number of thiol groups is 1. The molecule has 0 aliphatic heterocycles. The molecule has 4 heteroatoms. The molecule has 0 saturated carbocycles. The molecule has 0 saturated heterocycles. The fraction of sp³-hybridized carbons (Fsp3) is 0.222. The van der Waals surface area contributed by atoms with E-state index in [2.05, 4.69) is 40.5 Å². The van der Waals surface area contributed by atoms with Crippen LogP contribution in [0.25, 0.3) is 0 Å². The molecular weight excluding hydrogens is 297 g/mol. The molecular formula is C9H10INOS. The maximum Gasteiger partial charge on any atom is 0.225 e. The van der Waals surface area contributed by atoms with Gasteiger partial charge in [0, 0.05) is 15.7 Å². The van der Waals surface area contributed by atoms with Gasteiger partial charge in [-0.15, -0.1) is 0 Å². The lowest BCUT2D eigenvalue weighted by Gasteiger charge is -2.03. The van der Waals surface area contributed by atoms with Gasteiger partial charge in [0.05, 0.1) is 0 Å². The zero-order valence-corrected chi connectivity index (χ0v) is 10.0. The van der Waals surface area contributed by atoms with Crippen LogP contribution < -0.4 is 5.32 Å². The van der Waals surface area contributed by atoms with Crippen LogP contribution in [0.4, 0.5) is 5.69 Å². The van der Waals surface area contributed by atoms with Gasteiger partial charge in [-0.05, 0) is 46.5 Å². The van der Waals surface area contributed by atoms with Crippen molar-refractivity contribution in [1.82, 2.24) is 0 Å². The van der Waals surface area contributed by atoms with Crippen LogP contribution in [-0.2, 0) is 4.79 Å². The highest BCUT2D eigenvalue weighted by Gasteiger charge is 2.00. The van der Waals surface area contributed by atoms with Gasteiger partial charge in [-0.2, -0.15) is 12.6 Å². The zero-order valence-electron chi connectivity index (χ0n) is 6.96. The van der Waals surface area contributed by atoms with Crippen LogP contribution in [0.2, 0.25) is 0 Å². The number of halogens is 1.